The molecule has 0 fully saturated rings. The Balaban J connectivity index is 1.49. The average Bonchev–Trinajstić information content (AvgIpc) is 3.14. The summed E-state index contributed by atoms with van der Waals surface area (Å²) in [6.45, 7) is 3.55. The summed E-state index contributed by atoms with van der Waals surface area (Å²) >= 11 is 0. The Morgan fingerprint density at radius 1 is 1.55 bits per heavy atom. The lowest BCUT2D eigenvalue weighted by Gasteiger charge is -2.25. The van der Waals surface area contributed by atoms with Crippen LogP contribution >= 0.6 is 0 Å². The fourth-order valence-electron chi connectivity index (χ4n) is 2.70. The highest BCUT2D eigenvalue weighted by Gasteiger charge is 2.21. The molecule has 7 heteroatoms. The minimum atomic E-state index is 0.323. The van der Waals surface area contributed by atoms with Crippen LogP contribution in [0.5, 0.6) is 0 Å². The molecule has 0 bridgehead atoms. The van der Waals surface area contributed by atoms with Crippen molar-refractivity contribution in [2.24, 2.45) is 4.99 Å². The van der Waals surface area contributed by atoms with Crippen LogP contribution in [-0.4, -0.2) is 40.4 Å². The van der Waals surface area contributed by atoms with Crippen molar-refractivity contribution in [2.45, 2.75) is 38.8 Å². The van der Waals surface area contributed by atoms with Gasteiger partial charge in [-0.1, -0.05) is 0 Å². The summed E-state index contributed by atoms with van der Waals surface area (Å²) in [7, 11) is 1.79. The minimum Gasteiger partial charge on any atom is -0.469 e. The van der Waals surface area contributed by atoms with Gasteiger partial charge in [-0.15, -0.1) is 0 Å². The minimum absolute atomic E-state index is 0.323. The molecule has 2 aromatic rings. The Hall–Kier alpha value is -2.31. The molecule has 0 saturated heterocycles. The molecule has 7 nitrogen and oxygen atoms in total. The zero-order valence-electron chi connectivity index (χ0n) is 13.0. The van der Waals surface area contributed by atoms with Gasteiger partial charge in [-0.2, -0.15) is 5.10 Å². The highest BCUT2D eigenvalue weighted by molar-refractivity contribution is 5.79. The number of aryl methyl sites for hydroxylation is 2. The largest absolute Gasteiger partial charge is 0.469 e. The van der Waals surface area contributed by atoms with E-state index in [1.54, 1.807) is 13.3 Å². The first-order chi connectivity index (χ1) is 10.7. The maximum Gasteiger partial charge on any atom is 0.191 e. The number of furan rings is 1. The second kappa shape index (κ2) is 6.64. The number of hydrogen-bond donors (Lipinski definition) is 2. The van der Waals surface area contributed by atoms with E-state index in [0.717, 1.165) is 55.7 Å². The molecule has 0 saturated carbocycles. The van der Waals surface area contributed by atoms with E-state index in [4.69, 9.17) is 4.42 Å². The number of rotatable bonds is 4. The van der Waals surface area contributed by atoms with Crippen molar-refractivity contribution in [3.05, 3.63) is 35.8 Å². The Kier molecular flexibility index (Phi) is 4.41. The summed E-state index contributed by atoms with van der Waals surface area (Å²) < 4.78 is 7.31. The summed E-state index contributed by atoms with van der Waals surface area (Å²) in [5.74, 6) is 3.72. The van der Waals surface area contributed by atoms with Crippen LogP contribution < -0.4 is 10.6 Å². The van der Waals surface area contributed by atoms with E-state index in [0.29, 0.717) is 6.04 Å². The number of aliphatic imine (C=N–C) groups is 1. The fraction of sp³-hybridized carbons (Fsp3) is 0.533. The zero-order chi connectivity index (χ0) is 15.4. The average molecular weight is 302 g/mol. The van der Waals surface area contributed by atoms with E-state index in [2.05, 4.69) is 25.7 Å². The lowest BCUT2D eigenvalue weighted by molar-refractivity contribution is 0.392. The van der Waals surface area contributed by atoms with Crippen LogP contribution in [-0.2, 0) is 19.4 Å². The second-order valence-electron chi connectivity index (χ2n) is 5.47. The Labute approximate surface area is 129 Å². The highest BCUT2D eigenvalue weighted by atomic mass is 16.3. The predicted molar refractivity (Wildman–Crippen MR) is 83.8 cm³/mol. The lowest BCUT2D eigenvalue weighted by Crippen LogP contribution is -2.47. The van der Waals surface area contributed by atoms with Gasteiger partial charge in [0, 0.05) is 32.5 Å². The molecule has 1 aliphatic rings. The van der Waals surface area contributed by atoms with Crippen LogP contribution in [0.15, 0.2) is 27.8 Å². The van der Waals surface area contributed by atoms with Gasteiger partial charge in [0.1, 0.15) is 17.4 Å². The molecule has 0 spiro atoms. The summed E-state index contributed by atoms with van der Waals surface area (Å²) in [5, 5.41) is 11.2. The smallest absolute Gasteiger partial charge is 0.191 e. The van der Waals surface area contributed by atoms with E-state index < -0.39 is 0 Å². The Morgan fingerprint density at radius 2 is 2.45 bits per heavy atom. The maximum absolute atomic E-state index is 5.32. The van der Waals surface area contributed by atoms with E-state index >= 15 is 0 Å². The third-order valence-electron chi connectivity index (χ3n) is 3.77. The van der Waals surface area contributed by atoms with Crippen molar-refractivity contribution in [1.29, 1.82) is 0 Å². The first kappa shape index (κ1) is 14.6. The molecule has 0 amide bonds. The summed E-state index contributed by atoms with van der Waals surface area (Å²) in [6, 6.07) is 4.21. The SMILES string of the molecule is CN=C(NCCc1ccco1)NC1CCc2nc(C)nn2C1. The normalized spacial score (nSPS) is 18.1. The van der Waals surface area contributed by atoms with E-state index in [9.17, 15) is 0 Å². The van der Waals surface area contributed by atoms with Crippen LogP contribution in [0.4, 0.5) is 0 Å². The van der Waals surface area contributed by atoms with Gasteiger partial charge in [-0.3, -0.25) is 4.99 Å². The molecular weight excluding hydrogens is 280 g/mol. The monoisotopic (exact) mass is 302 g/mol. The maximum atomic E-state index is 5.32. The molecule has 1 atom stereocenters. The van der Waals surface area contributed by atoms with Crippen molar-refractivity contribution in [2.75, 3.05) is 13.6 Å². The van der Waals surface area contributed by atoms with Crippen molar-refractivity contribution < 1.29 is 4.42 Å². The van der Waals surface area contributed by atoms with Gasteiger partial charge in [0.25, 0.3) is 0 Å². The quantitative estimate of drug-likeness (QED) is 0.648. The first-order valence-corrected chi connectivity index (χ1v) is 7.64. The van der Waals surface area contributed by atoms with Crippen molar-refractivity contribution in [3.8, 4) is 0 Å². The third kappa shape index (κ3) is 3.47. The molecule has 1 unspecified atom stereocenters. The van der Waals surface area contributed by atoms with Crippen LogP contribution in [0.2, 0.25) is 0 Å². The molecular formula is C15H22N6O. The summed E-state index contributed by atoms with van der Waals surface area (Å²) in [4.78, 5) is 8.71. The number of nitrogens with one attached hydrogen (secondary N) is 2. The fourth-order valence-corrected chi connectivity index (χ4v) is 2.70. The van der Waals surface area contributed by atoms with Crippen LogP contribution in [0.1, 0.15) is 23.8 Å². The molecule has 0 aromatic carbocycles. The molecule has 1 aliphatic heterocycles. The topological polar surface area (TPSA) is 80.3 Å². The molecule has 0 radical (unpaired) electrons. The number of aromatic nitrogens is 3. The van der Waals surface area contributed by atoms with Gasteiger partial charge in [0.05, 0.1) is 12.8 Å². The molecule has 3 rings (SSSR count). The van der Waals surface area contributed by atoms with Gasteiger partial charge in [-0.05, 0) is 25.5 Å². The van der Waals surface area contributed by atoms with Crippen LogP contribution in [0.25, 0.3) is 0 Å². The molecule has 118 valence electrons. The van der Waals surface area contributed by atoms with Gasteiger partial charge in [-0.25, -0.2) is 9.67 Å². The van der Waals surface area contributed by atoms with E-state index in [1.165, 1.54) is 0 Å². The van der Waals surface area contributed by atoms with Crippen LogP contribution in [0, 0.1) is 6.92 Å². The first-order valence-electron chi connectivity index (χ1n) is 7.64. The molecule has 22 heavy (non-hydrogen) atoms. The lowest BCUT2D eigenvalue weighted by atomic mass is 10.1. The number of nitrogens with zero attached hydrogens (tertiary/aromatic N) is 4. The summed E-state index contributed by atoms with van der Waals surface area (Å²) in [5.41, 5.74) is 0. The second-order valence-corrected chi connectivity index (χ2v) is 5.47. The Bertz CT molecular complexity index is 631. The van der Waals surface area contributed by atoms with Gasteiger partial charge >= 0.3 is 0 Å². The third-order valence-corrected chi connectivity index (χ3v) is 3.77. The highest BCUT2D eigenvalue weighted by Crippen LogP contribution is 2.12. The number of fused-ring (bicyclic) bond motifs is 1. The molecule has 2 aromatic heterocycles. The Morgan fingerprint density at radius 3 is 3.23 bits per heavy atom. The van der Waals surface area contributed by atoms with Crippen molar-refractivity contribution in [3.63, 3.8) is 0 Å². The molecule has 2 N–H and O–H groups in total. The number of hydrogen-bond acceptors (Lipinski definition) is 4. The number of guanidine groups is 1. The predicted octanol–water partition coefficient (Wildman–Crippen LogP) is 0.902. The van der Waals surface area contributed by atoms with Crippen molar-refractivity contribution in [1.82, 2.24) is 25.4 Å². The van der Waals surface area contributed by atoms with Gasteiger partial charge in [0.2, 0.25) is 0 Å². The van der Waals surface area contributed by atoms with Gasteiger partial charge in [0.15, 0.2) is 5.96 Å². The van der Waals surface area contributed by atoms with Gasteiger partial charge < -0.3 is 15.1 Å². The van der Waals surface area contributed by atoms with Crippen molar-refractivity contribution >= 4 is 5.96 Å². The van der Waals surface area contributed by atoms with E-state index in [1.807, 2.05) is 23.7 Å². The molecule has 3 heterocycles. The standard InChI is InChI=1S/C15H22N6O/c1-11-18-14-6-5-12(10-21(14)20-11)19-15(16-2)17-8-7-13-4-3-9-22-13/h3-4,9,12H,5-8,10H2,1-2H3,(H2,16,17,19). The molecule has 0 aliphatic carbocycles. The summed E-state index contributed by atoms with van der Waals surface area (Å²) in [6.07, 6.45) is 4.52. The van der Waals surface area contributed by atoms with E-state index in [-0.39, 0.29) is 0 Å². The zero-order valence-corrected chi connectivity index (χ0v) is 13.0. The van der Waals surface area contributed by atoms with Crippen LogP contribution in [0.3, 0.4) is 0 Å².